The van der Waals surface area contributed by atoms with Crippen LogP contribution in [0.5, 0.6) is 5.75 Å². The summed E-state index contributed by atoms with van der Waals surface area (Å²) in [6.07, 6.45) is -1.03. The Balaban J connectivity index is 1.40. The largest absolute Gasteiger partial charge is 0.506 e. The highest BCUT2D eigenvalue weighted by atomic mass is 19.1. The zero-order valence-corrected chi connectivity index (χ0v) is 17.3. The Kier molecular flexibility index (Phi) is 5.83. The number of phenolic OH excluding ortho intramolecular Hbond substituents is 1. The maximum atomic E-state index is 14.9. The van der Waals surface area contributed by atoms with Crippen LogP contribution in [-0.2, 0) is 9.53 Å². The monoisotopic (exact) mass is 428 g/mol. The Labute approximate surface area is 179 Å². The molecule has 9 heteroatoms. The number of benzene rings is 2. The van der Waals surface area contributed by atoms with Crippen molar-refractivity contribution in [2.75, 3.05) is 54.0 Å². The summed E-state index contributed by atoms with van der Waals surface area (Å²) in [6, 6.07) is 11.9. The summed E-state index contributed by atoms with van der Waals surface area (Å²) >= 11 is 0. The van der Waals surface area contributed by atoms with Crippen molar-refractivity contribution in [3.63, 3.8) is 0 Å². The molecule has 0 spiro atoms. The number of piperazine rings is 1. The third kappa shape index (κ3) is 4.50. The van der Waals surface area contributed by atoms with Gasteiger partial charge in [0.05, 0.1) is 30.2 Å². The second-order valence-corrected chi connectivity index (χ2v) is 7.65. The molecule has 2 aromatic carbocycles. The van der Waals surface area contributed by atoms with Crippen LogP contribution in [0.15, 0.2) is 42.5 Å². The van der Waals surface area contributed by atoms with Crippen LogP contribution in [0.25, 0.3) is 0 Å². The second kappa shape index (κ2) is 8.71. The van der Waals surface area contributed by atoms with Crippen molar-refractivity contribution in [3.8, 4) is 5.75 Å². The number of phenols is 1. The first-order valence-corrected chi connectivity index (χ1v) is 10.2. The lowest BCUT2D eigenvalue weighted by Crippen LogP contribution is -2.46. The van der Waals surface area contributed by atoms with Crippen LogP contribution in [0, 0.1) is 5.82 Å². The van der Waals surface area contributed by atoms with Gasteiger partial charge in [-0.3, -0.25) is 9.69 Å². The molecule has 0 aliphatic carbocycles. The first-order valence-electron chi connectivity index (χ1n) is 10.2. The zero-order valence-electron chi connectivity index (χ0n) is 17.3. The van der Waals surface area contributed by atoms with E-state index in [2.05, 4.69) is 10.2 Å². The van der Waals surface area contributed by atoms with Crippen molar-refractivity contribution in [2.45, 2.75) is 13.0 Å². The van der Waals surface area contributed by atoms with Crippen LogP contribution in [0.4, 0.5) is 26.2 Å². The fraction of sp³-hybridized carbons (Fsp3) is 0.364. The maximum Gasteiger partial charge on any atom is 0.414 e. The molecule has 2 fully saturated rings. The molecular formula is C22H25FN4O4. The molecule has 0 saturated carbocycles. The fourth-order valence-electron chi connectivity index (χ4n) is 3.94. The van der Waals surface area contributed by atoms with Crippen LogP contribution >= 0.6 is 0 Å². The van der Waals surface area contributed by atoms with Gasteiger partial charge >= 0.3 is 6.09 Å². The zero-order chi connectivity index (χ0) is 22.0. The predicted octanol–water partition coefficient (Wildman–Crippen LogP) is 2.32. The van der Waals surface area contributed by atoms with Gasteiger partial charge in [-0.05, 0) is 30.3 Å². The van der Waals surface area contributed by atoms with Gasteiger partial charge in [0, 0.05) is 33.1 Å². The minimum atomic E-state index is -0.557. The number of para-hydroxylation sites is 2. The van der Waals surface area contributed by atoms with Gasteiger partial charge < -0.3 is 25.0 Å². The smallest absolute Gasteiger partial charge is 0.414 e. The average Bonchev–Trinajstić information content (AvgIpc) is 3.13. The summed E-state index contributed by atoms with van der Waals surface area (Å²) in [7, 11) is 0. The topological polar surface area (TPSA) is 85.4 Å². The summed E-state index contributed by atoms with van der Waals surface area (Å²) in [5.41, 5.74) is 1.67. The van der Waals surface area contributed by atoms with E-state index in [4.69, 9.17) is 4.74 Å². The van der Waals surface area contributed by atoms with Gasteiger partial charge in [0.1, 0.15) is 17.7 Å². The van der Waals surface area contributed by atoms with Crippen molar-refractivity contribution in [1.82, 2.24) is 5.32 Å². The summed E-state index contributed by atoms with van der Waals surface area (Å²) in [4.78, 5) is 28.6. The van der Waals surface area contributed by atoms with Crippen LogP contribution in [0.3, 0.4) is 0 Å². The summed E-state index contributed by atoms with van der Waals surface area (Å²) in [6.45, 7) is 4.38. The quantitative estimate of drug-likeness (QED) is 0.760. The minimum Gasteiger partial charge on any atom is -0.506 e. The molecular weight excluding hydrogens is 403 g/mol. The summed E-state index contributed by atoms with van der Waals surface area (Å²) in [5.74, 6) is -0.375. The lowest BCUT2D eigenvalue weighted by molar-refractivity contribution is -0.119. The van der Waals surface area contributed by atoms with E-state index >= 15 is 0 Å². The van der Waals surface area contributed by atoms with Gasteiger partial charge in [0.15, 0.2) is 0 Å². The normalized spacial score (nSPS) is 18.8. The lowest BCUT2D eigenvalue weighted by Gasteiger charge is -2.37. The molecule has 1 atom stereocenters. The highest BCUT2D eigenvalue weighted by molar-refractivity contribution is 5.90. The van der Waals surface area contributed by atoms with E-state index in [9.17, 15) is 19.1 Å². The fourth-order valence-corrected chi connectivity index (χ4v) is 3.94. The molecule has 2 aliphatic heterocycles. The van der Waals surface area contributed by atoms with Crippen LogP contribution in [-0.4, -0.2) is 62.5 Å². The number of aromatic hydroxyl groups is 1. The Morgan fingerprint density at radius 2 is 1.81 bits per heavy atom. The van der Waals surface area contributed by atoms with Gasteiger partial charge in [-0.2, -0.15) is 0 Å². The van der Waals surface area contributed by atoms with Crippen molar-refractivity contribution < 1.29 is 23.8 Å². The first-order chi connectivity index (χ1) is 14.9. The number of nitrogens with zero attached hydrogens (tertiary/aromatic N) is 3. The van der Waals surface area contributed by atoms with Crippen LogP contribution in [0.2, 0.25) is 0 Å². The molecule has 2 N–H and O–H groups in total. The third-order valence-corrected chi connectivity index (χ3v) is 5.54. The molecule has 2 heterocycles. The maximum absolute atomic E-state index is 14.9. The van der Waals surface area contributed by atoms with E-state index in [0.29, 0.717) is 37.6 Å². The SMILES string of the molecule is CC(=O)NC[C@H]1CN(c2ccc(N3CCN(c4ccccc4O)CC3)c(F)c2)C(=O)O1. The molecule has 0 radical (unpaired) electrons. The standard InChI is InChI=1S/C22H25FN4O4/c1-15(28)24-13-17-14-27(22(30)31-17)16-6-7-19(18(23)12-16)25-8-10-26(11-9-25)20-4-2-3-5-21(20)29/h2-7,12,17,29H,8-11,13-14H2,1H3,(H,24,28)/t17-/m0/s1. The molecule has 31 heavy (non-hydrogen) atoms. The summed E-state index contributed by atoms with van der Waals surface area (Å²) in [5, 5.41) is 12.7. The Morgan fingerprint density at radius 1 is 1.13 bits per heavy atom. The van der Waals surface area contributed by atoms with Gasteiger partial charge in [0.25, 0.3) is 0 Å². The van der Waals surface area contributed by atoms with Crippen molar-refractivity contribution in [3.05, 3.63) is 48.3 Å². The van der Waals surface area contributed by atoms with Crippen LogP contribution in [0.1, 0.15) is 6.92 Å². The number of rotatable bonds is 5. The number of hydrogen-bond acceptors (Lipinski definition) is 6. The van der Waals surface area contributed by atoms with E-state index in [1.54, 1.807) is 24.3 Å². The van der Waals surface area contributed by atoms with Gasteiger partial charge in [-0.15, -0.1) is 0 Å². The number of halogens is 1. The van der Waals surface area contributed by atoms with Gasteiger partial charge in [0.2, 0.25) is 5.91 Å². The number of ether oxygens (including phenoxy) is 1. The molecule has 8 nitrogen and oxygen atoms in total. The molecule has 0 bridgehead atoms. The molecule has 0 aromatic heterocycles. The number of amides is 2. The number of nitrogens with one attached hydrogen (secondary N) is 1. The number of carbonyl (C=O) groups is 2. The number of hydrogen-bond donors (Lipinski definition) is 2. The van der Waals surface area contributed by atoms with E-state index < -0.39 is 18.0 Å². The number of carbonyl (C=O) groups excluding carboxylic acids is 2. The molecule has 2 saturated heterocycles. The van der Waals surface area contributed by atoms with Gasteiger partial charge in [-0.1, -0.05) is 12.1 Å². The lowest BCUT2D eigenvalue weighted by atomic mass is 10.2. The Hall–Kier alpha value is -3.49. The van der Waals surface area contributed by atoms with E-state index in [0.717, 1.165) is 5.69 Å². The molecule has 164 valence electrons. The number of cyclic esters (lactones) is 1. The molecule has 2 amide bonds. The van der Waals surface area contributed by atoms with Crippen molar-refractivity contribution >= 4 is 29.1 Å². The Morgan fingerprint density at radius 3 is 2.45 bits per heavy atom. The first kappa shape index (κ1) is 20.8. The van der Waals surface area contributed by atoms with Gasteiger partial charge in [-0.25, -0.2) is 9.18 Å². The average molecular weight is 428 g/mol. The minimum absolute atomic E-state index is 0.201. The highest BCUT2D eigenvalue weighted by Crippen LogP contribution is 2.31. The third-order valence-electron chi connectivity index (χ3n) is 5.54. The Bertz CT molecular complexity index is 978. The van der Waals surface area contributed by atoms with E-state index in [-0.39, 0.29) is 24.7 Å². The molecule has 2 aromatic rings. The van der Waals surface area contributed by atoms with E-state index in [1.807, 2.05) is 17.0 Å². The van der Waals surface area contributed by atoms with Crippen molar-refractivity contribution in [1.29, 1.82) is 0 Å². The van der Waals surface area contributed by atoms with Crippen molar-refractivity contribution in [2.24, 2.45) is 0 Å². The molecule has 0 unspecified atom stereocenters. The molecule has 4 rings (SSSR count). The molecule has 2 aliphatic rings. The second-order valence-electron chi connectivity index (χ2n) is 7.65. The predicted molar refractivity (Wildman–Crippen MR) is 115 cm³/mol. The number of anilines is 3. The summed E-state index contributed by atoms with van der Waals surface area (Å²) < 4.78 is 20.2. The highest BCUT2D eigenvalue weighted by Gasteiger charge is 2.33. The van der Waals surface area contributed by atoms with Crippen LogP contribution < -0.4 is 20.0 Å². The van der Waals surface area contributed by atoms with E-state index in [1.165, 1.54) is 17.9 Å².